The molecule has 0 aliphatic carbocycles. The molecule has 0 aliphatic heterocycles. The molecule has 14 heavy (non-hydrogen) atoms. The van der Waals surface area contributed by atoms with Crippen LogP contribution < -0.4 is 5.73 Å². The Hall–Kier alpha value is -0.690. The number of nitrogens with two attached hydrogens (primary N) is 1. The van der Waals surface area contributed by atoms with Gasteiger partial charge in [-0.05, 0) is 0 Å². The van der Waals surface area contributed by atoms with Crippen LogP contribution in [-0.4, -0.2) is 57.3 Å². The van der Waals surface area contributed by atoms with E-state index in [2.05, 4.69) is 0 Å². The summed E-state index contributed by atoms with van der Waals surface area (Å²) in [5, 5.41) is 8.94. The van der Waals surface area contributed by atoms with Gasteiger partial charge in [-0.3, -0.25) is 4.79 Å². The molecule has 0 radical (unpaired) electrons. The van der Waals surface area contributed by atoms with Crippen LogP contribution in [0.25, 0.3) is 0 Å². The third kappa shape index (κ3) is 3.22. The Morgan fingerprint density at radius 3 is 2.07 bits per heavy atom. The molecule has 0 aromatic rings. The van der Waals surface area contributed by atoms with Crippen LogP contribution in [0, 0.1) is 0 Å². The monoisotopic (exact) mass is 207 g/mol. The SMILES string of the molecule is CO[C@@H]([C@@H](CO)OC)[C@@H](OC)C(N)=O. The van der Waals surface area contributed by atoms with E-state index in [4.69, 9.17) is 25.1 Å². The van der Waals surface area contributed by atoms with Crippen LogP contribution in [0.2, 0.25) is 0 Å². The number of carbonyl (C=O) groups is 1. The van der Waals surface area contributed by atoms with Gasteiger partial charge in [0, 0.05) is 21.3 Å². The van der Waals surface area contributed by atoms with Gasteiger partial charge in [0.15, 0.2) is 6.10 Å². The van der Waals surface area contributed by atoms with Crippen molar-refractivity contribution in [3.05, 3.63) is 0 Å². The molecule has 84 valence electrons. The van der Waals surface area contributed by atoms with Crippen LogP contribution in [-0.2, 0) is 19.0 Å². The van der Waals surface area contributed by atoms with Crippen molar-refractivity contribution in [3.63, 3.8) is 0 Å². The molecule has 0 aromatic carbocycles. The average Bonchev–Trinajstić information content (AvgIpc) is 2.17. The van der Waals surface area contributed by atoms with Gasteiger partial charge in [-0.2, -0.15) is 0 Å². The number of hydrogen-bond acceptors (Lipinski definition) is 5. The maximum atomic E-state index is 10.9. The molecule has 3 atom stereocenters. The molecule has 0 rings (SSSR count). The molecule has 0 aliphatic rings. The van der Waals surface area contributed by atoms with Crippen LogP contribution in [0.1, 0.15) is 0 Å². The lowest BCUT2D eigenvalue weighted by molar-refractivity contribution is -0.150. The topological polar surface area (TPSA) is 91.0 Å². The van der Waals surface area contributed by atoms with E-state index < -0.39 is 24.2 Å². The Labute approximate surface area is 82.9 Å². The van der Waals surface area contributed by atoms with E-state index in [9.17, 15) is 4.79 Å². The lowest BCUT2D eigenvalue weighted by Gasteiger charge is -2.27. The second kappa shape index (κ2) is 6.72. The Kier molecular flexibility index (Phi) is 6.39. The van der Waals surface area contributed by atoms with E-state index >= 15 is 0 Å². The number of aliphatic hydroxyl groups is 1. The van der Waals surface area contributed by atoms with E-state index in [-0.39, 0.29) is 6.61 Å². The summed E-state index contributed by atoms with van der Waals surface area (Å²) in [5.41, 5.74) is 5.09. The maximum absolute atomic E-state index is 10.9. The Morgan fingerprint density at radius 2 is 1.86 bits per heavy atom. The highest BCUT2D eigenvalue weighted by atomic mass is 16.6. The van der Waals surface area contributed by atoms with Gasteiger partial charge in [-0.25, -0.2) is 0 Å². The fourth-order valence-corrected chi connectivity index (χ4v) is 1.20. The zero-order valence-electron chi connectivity index (χ0n) is 8.60. The second-order valence-corrected chi connectivity index (χ2v) is 2.72. The number of carbonyl (C=O) groups excluding carboxylic acids is 1. The number of ether oxygens (including phenoxy) is 3. The van der Waals surface area contributed by atoms with Crippen molar-refractivity contribution in [2.24, 2.45) is 5.73 Å². The summed E-state index contributed by atoms with van der Waals surface area (Å²) in [6, 6.07) is 0. The summed E-state index contributed by atoms with van der Waals surface area (Å²) >= 11 is 0. The Morgan fingerprint density at radius 1 is 1.29 bits per heavy atom. The first-order valence-electron chi connectivity index (χ1n) is 4.10. The van der Waals surface area contributed by atoms with Crippen molar-refractivity contribution >= 4 is 5.91 Å². The number of amides is 1. The minimum Gasteiger partial charge on any atom is -0.394 e. The molecule has 0 fully saturated rings. The molecule has 6 heteroatoms. The fourth-order valence-electron chi connectivity index (χ4n) is 1.20. The quantitative estimate of drug-likeness (QED) is 0.530. The van der Waals surface area contributed by atoms with Crippen molar-refractivity contribution in [2.45, 2.75) is 18.3 Å². The van der Waals surface area contributed by atoms with Gasteiger partial charge in [0.2, 0.25) is 5.91 Å². The second-order valence-electron chi connectivity index (χ2n) is 2.72. The van der Waals surface area contributed by atoms with Gasteiger partial charge in [-0.1, -0.05) is 0 Å². The number of primary amides is 1. The van der Waals surface area contributed by atoms with Gasteiger partial charge in [0.05, 0.1) is 6.61 Å². The van der Waals surface area contributed by atoms with Crippen molar-refractivity contribution < 1.29 is 24.1 Å². The zero-order chi connectivity index (χ0) is 11.1. The van der Waals surface area contributed by atoms with Crippen molar-refractivity contribution in [2.75, 3.05) is 27.9 Å². The first kappa shape index (κ1) is 13.3. The molecule has 0 spiro atoms. The number of hydrogen-bond donors (Lipinski definition) is 2. The molecular weight excluding hydrogens is 190 g/mol. The molecule has 3 N–H and O–H groups in total. The van der Waals surface area contributed by atoms with Crippen molar-refractivity contribution in [1.82, 2.24) is 0 Å². The summed E-state index contributed by atoms with van der Waals surface area (Å²) in [4.78, 5) is 10.9. The largest absolute Gasteiger partial charge is 0.394 e. The van der Waals surface area contributed by atoms with Crippen LogP contribution >= 0.6 is 0 Å². The first-order valence-corrected chi connectivity index (χ1v) is 4.10. The Bertz CT molecular complexity index is 171. The average molecular weight is 207 g/mol. The van der Waals surface area contributed by atoms with Crippen molar-refractivity contribution in [3.8, 4) is 0 Å². The standard InChI is InChI=1S/C8H17NO5/c1-12-5(4-10)6(13-2)7(14-3)8(9)11/h5-7,10H,4H2,1-3H3,(H2,9,11)/t5-,6+,7-/m1/s1. The van der Waals surface area contributed by atoms with E-state index in [0.717, 1.165) is 0 Å². The van der Waals surface area contributed by atoms with Crippen LogP contribution in [0.4, 0.5) is 0 Å². The fraction of sp³-hybridized carbons (Fsp3) is 0.875. The highest BCUT2D eigenvalue weighted by Crippen LogP contribution is 2.09. The maximum Gasteiger partial charge on any atom is 0.249 e. The summed E-state index contributed by atoms with van der Waals surface area (Å²) in [6.07, 6.45) is -2.29. The molecule has 0 saturated carbocycles. The predicted octanol–water partition coefficient (Wildman–Crippen LogP) is -1.49. The summed E-state index contributed by atoms with van der Waals surface area (Å²) in [7, 11) is 4.13. The molecule has 1 amide bonds. The lowest BCUT2D eigenvalue weighted by atomic mass is 10.1. The Balaban J connectivity index is 4.56. The van der Waals surface area contributed by atoms with Gasteiger partial charge in [0.1, 0.15) is 12.2 Å². The molecule has 0 saturated heterocycles. The first-order chi connectivity index (χ1) is 6.62. The number of rotatable bonds is 7. The highest BCUT2D eigenvalue weighted by molar-refractivity contribution is 5.79. The lowest BCUT2D eigenvalue weighted by Crippen LogP contribution is -2.49. The van der Waals surface area contributed by atoms with Crippen LogP contribution in [0.5, 0.6) is 0 Å². The van der Waals surface area contributed by atoms with Gasteiger partial charge < -0.3 is 25.1 Å². The number of aliphatic hydroxyl groups excluding tert-OH is 1. The third-order valence-corrected chi connectivity index (χ3v) is 1.95. The minimum atomic E-state index is -0.933. The van der Waals surface area contributed by atoms with Crippen LogP contribution in [0.3, 0.4) is 0 Å². The summed E-state index contributed by atoms with van der Waals surface area (Å²) in [5.74, 6) is -0.658. The van der Waals surface area contributed by atoms with Gasteiger partial charge >= 0.3 is 0 Å². The minimum absolute atomic E-state index is 0.276. The molecule has 0 heterocycles. The van der Waals surface area contributed by atoms with E-state index in [1.807, 2.05) is 0 Å². The van der Waals surface area contributed by atoms with E-state index in [1.54, 1.807) is 0 Å². The van der Waals surface area contributed by atoms with Crippen LogP contribution in [0.15, 0.2) is 0 Å². The van der Waals surface area contributed by atoms with E-state index in [0.29, 0.717) is 0 Å². The zero-order valence-corrected chi connectivity index (χ0v) is 8.60. The molecule has 0 aromatic heterocycles. The smallest absolute Gasteiger partial charge is 0.249 e. The molecule has 6 nitrogen and oxygen atoms in total. The van der Waals surface area contributed by atoms with Gasteiger partial charge in [-0.15, -0.1) is 0 Å². The molecular formula is C8H17NO5. The molecule has 0 bridgehead atoms. The van der Waals surface area contributed by atoms with E-state index in [1.165, 1.54) is 21.3 Å². The summed E-state index contributed by atoms with van der Waals surface area (Å²) < 4.78 is 14.8. The normalized spacial score (nSPS) is 17.4. The molecule has 0 unspecified atom stereocenters. The summed E-state index contributed by atoms with van der Waals surface area (Å²) in [6.45, 7) is -0.276. The number of methoxy groups -OCH3 is 3. The highest BCUT2D eigenvalue weighted by Gasteiger charge is 2.33. The van der Waals surface area contributed by atoms with Crippen molar-refractivity contribution in [1.29, 1.82) is 0 Å². The predicted molar refractivity (Wildman–Crippen MR) is 48.7 cm³/mol. The third-order valence-electron chi connectivity index (χ3n) is 1.95. The van der Waals surface area contributed by atoms with Gasteiger partial charge in [0.25, 0.3) is 0 Å².